The lowest BCUT2D eigenvalue weighted by Crippen LogP contribution is -2.60. The third kappa shape index (κ3) is 4.04. The maximum absolute atomic E-state index is 14.4. The molecule has 170 valence electrons. The summed E-state index contributed by atoms with van der Waals surface area (Å²) in [5.74, 6) is 0.607. The van der Waals surface area contributed by atoms with Gasteiger partial charge in [0, 0.05) is 37.1 Å². The topological polar surface area (TPSA) is 47.6 Å². The molecule has 3 saturated heterocycles. The van der Waals surface area contributed by atoms with Gasteiger partial charge >= 0.3 is 0 Å². The van der Waals surface area contributed by atoms with Crippen molar-refractivity contribution in [3.8, 4) is 0 Å². The first-order valence-electron chi connectivity index (χ1n) is 12.6. The van der Waals surface area contributed by atoms with Crippen LogP contribution in [0.1, 0.15) is 64.7 Å². The molecule has 3 aliphatic heterocycles. The zero-order chi connectivity index (χ0) is 20.9. The van der Waals surface area contributed by atoms with E-state index in [2.05, 4.69) is 34.4 Å². The van der Waals surface area contributed by atoms with E-state index in [9.17, 15) is 9.18 Å². The Morgan fingerprint density at radius 3 is 2.57 bits per heavy atom. The number of nitrogens with one attached hydrogen (secondary N) is 2. The lowest BCUT2D eigenvalue weighted by molar-refractivity contribution is -0.124. The minimum Gasteiger partial charge on any atom is -0.352 e. The molecule has 2 saturated carbocycles. The molecule has 1 spiro atoms. The van der Waals surface area contributed by atoms with Crippen LogP contribution in [0.5, 0.6) is 0 Å². The van der Waals surface area contributed by atoms with E-state index >= 15 is 0 Å². The van der Waals surface area contributed by atoms with Gasteiger partial charge in [-0.3, -0.25) is 4.79 Å². The summed E-state index contributed by atoms with van der Waals surface area (Å²) in [4.78, 5) is 18.2. The first-order chi connectivity index (χ1) is 14.4. The van der Waals surface area contributed by atoms with Crippen molar-refractivity contribution in [3.63, 3.8) is 0 Å². The Bertz CT molecular complexity index is 611. The van der Waals surface area contributed by atoms with Gasteiger partial charge in [-0.1, -0.05) is 6.92 Å². The second-order valence-electron chi connectivity index (χ2n) is 11.4. The van der Waals surface area contributed by atoms with Crippen LogP contribution < -0.4 is 10.6 Å². The Morgan fingerprint density at radius 1 is 1.10 bits per heavy atom. The maximum atomic E-state index is 14.4. The summed E-state index contributed by atoms with van der Waals surface area (Å²) in [7, 11) is 2.23. The highest BCUT2D eigenvalue weighted by atomic mass is 19.1. The van der Waals surface area contributed by atoms with Gasteiger partial charge in [0.05, 0.1) is 6.04 Å². The molecular formula is C24H41FN4O. The number of halogens is 1. The summed E-state index contributed by atoms with van der Waals surface area (Å²) in [6.07, 6.45) is 8.84. The minimum absolute atomic E-state index is 0.0230. The predicted octanol–water partition coefficient (Wildman–Crippen LogP) is 2.56. The van der Waals surface area contributed by atoms with Crippen molar-refractivity contribution >= 4 is 5.91 Å². The van der Waals surface area contributed by atoms with Gasteiger partial charge in [0.25, 0.3) is 0 Å². The number of rotatable bonds is 3. The second-order valence-corrected chi connectivity index (χ2v) is 11.4. The van der Waals surface area contributed by atoms with E-state index in [-0.39, 0.29) is 30.0 Å². The Kier molecular flexibility index (Phi) is 5.87. The lowest BCUT2D eigenvalue weighted by Gasteiger charge is -2.54. The zero-order valence-electron chi connectivity index (χ0n) is 18.9. The van der Waals surface area contributed by atoms with Crippen molar-refractivity contribution in [2.24, 2.45) is 17.3 Å². The van der Waals surface area contributed by atoms with Gasteiger partial charge in [0.2, 0.25) is 5.91 Å². The molecule has 6 heteroatoms. The molecule has 0 aromatic rings. The maximum Gasteiger partial charge on any atom is 0.237 e. The Balaban J connectivity index is 1.11. The number of carbonyl (C=O) groups excluding carboxylic acids is 1. The highest BCUT2D eigenvalue weighted by Gasteiger charge is 2.47. The molecule has 1 amide bonds. The SMILES string of the molecule is CC1CCC(F)C2CC(C(=O)NC3CCCC(N4CCC5(CC4)CN(C)C5)C3)NC12. The Morgan fingerprint density at radius 2 is 1.87 bits per heavy atom. The predicted molar refractivity (Wildman–Crippen MR) is 117 cm³/mol. The van der Waals surface area contributed by atoms with Crippen LogP contribution in [0.25, 0.3) is 0 Å². The van der Waals surface area contributed by atoms with Gasteiger partial charge in [-0.15, -0.1) is 0 Å². The van der Waals surface area contributed by atoms with Crippen LogP contribution >= 0.6 is 0 Å². The van der Waals surface area contributed by atoms with Crippen molar-refractivity contribution in [1.82, 2.24) is 20.4 Å². The summed E-state index contributed by atoms with van der Waals surface area (Å²) in [5.41, 5.74) is 0.601. The number of piperidine rings is 1. The highest BCUT2D eigenvalue weighted by Crippen LogP contribution is 2.41. The normalized spacial score (nSPS) is 44.4. The van der Waals surface area contributed by atoms with Gasteiger partial charge in [-0.2, -0.15) is 0 Å². The molecule has 7 atom stereocenters. The van der Waals surface area contributed by atoms with Crippen molar-refractivity contribution < 1.29 is 9.18 Å². The largest absolute Gasteiger partial charge is 0.352 e. The Hall–Kier alpha value is -0.720. The number of likely N-dealkylation sites (tertiary alicyclic amines) is 2. The standard InChI is InChI=1S/C24H41FN4O/c1-16-6-7-20(25)19-13-21(27-22(16)19)23(30)26-17-4-3-5-18(12-17)29-10-8-24(9-11-29)14-28(2)15-24/h16-22,27H,3-15H2,1-2H3,(H,26,30). The molecule has 5 fully saturated rings. The molecule has 7 unspecified atom stereocenters. The van der Waals surface area contributed by atoms with E-state index in [1.807, 2.05) is 0 Å². The van der Waals surface area contributed by atoms with E-state index in [4.69, 9.17) is 0 Å². The molecule has 0 bridgehead atoms. The monoisotopic (exact) mass is 420 g/mol. The molecule has 0 aromatic heterocycles. The van der Waals surface area contributed by atoms with E-state index in [0.29, 0.717) is 30.2 Å². The van der Waals surface area contributed by atoms with Crippen LogP contribution in [0.2, 0.25) is 0 Å². The summed E-state index contributed by atoms with van der Waals surface area (Å²) in [6.45, 7) is 7.20. The average Bonchev–Trinajstić information content (AvgIpc) is 3.18. The average molecular weight is 421 g/mol. The summed E-state index contributed by atoms with van der Waals surface area (Å²) >= 11 is 0. The van der Waals surface area contributed by atoms with Crippen LogP contribution in [0, 0.1) is 17.3 Å². The van der Waals surface area contributed by atoms with Gasteiger partial charge in [-0.05, 0) is 89.3 Å². The van der Waals surface area contributed by atoms with Crippen LogP contribution in [0.15, 0.2) is 0 Å². The molecule has 30 heavy (non-hydrogen) atoms. The number of amides is 1. The number of nitrogens with zero attached hydrogens (tertiary/aromatic N) is 2. The number of hydrogen-bond donors (Lipinski definition) is 2. The van der Waals surface area contributed by atoms with Crippen molar-refractivity contribution in [2.75, 3.05) is 33.2 Å². The smallest absolute Gasteiger partial charge is 0.237 e. The van der Waals surface area contributed by atoms with E-state index < -0.39 is 6.17 Å². The quantitative estimate of drug-likeness (QED) is 0.737. The third-order valence-corrected chi connectivity index (χ3v) is 9.23. The first-order valence-corrected chi connectivity index (χ1v) is 12.6. The van der Waals surface area contributed by atoms with Gasteiger partial charge in [0.15, 0.2) is 0 Å². The van der Waals surface area contributed by atoms with Gasteiger partial charge in [0.1, 0.15) is 6.17 Å². The zero-order valence-corrected chi connectivity index (χ0v) is 18.9. The summed E-state index contributed by atoms with van der Waals surface area (Å²) in [6, 6.07) is 0.873. The van der Waals surface area contributed by atoms with Gasteiger partial charge in [-0.25, -0.2) is 4.39 Å². The number of fused-ring (bicyclic) bond motifs is 1. The first kappa shape index (κ1) is 21.1. The molecule has 0 radical (unpaired) electrons. The van der Waals surface area contributed by atoms with Crippen LogP contribution in [-0.4, -0.2) is 79.3 Å². The molecule has 3 heterocycles. The number of alkyl halides is 1. The molecule has 0 aromatic carbocycles. The Labute approximate surface area is 181 Å². The fraction of sp³-hybridized carbons (Fsp3) is 0.958. The molecule has 2 N–H and O–H groups in total. The summed E-state index contributed by atoms with van der Waals surface area (Å²) < 4.78 is 14.4. The van der Waals surface area contributed by atoms with Crippen LogP contribution in [0.4, 0.5) is 4.39 Å². The number of carbonyl (C=O) groups is 1. The van der Waals surface area contributed by atoms with Crippen molar-refractivity contribution in [1.29, 1.82) is 0 Å². The minimum atomic E-state index is -0.742. The van der Waals surface area contributed by atoms with Crippen molar-refractivity contribution in [2.45, 2.75) is 95.1 Å². The van der Waals surface area contributed by atoms with E-state index in [0.717, 1.165) is 19.3 Å². The third-order valence-electron chi connectivity index (χ3n) is 9.23. The fourth-order valence-corrected chi connectivity index (χ4v) is 7.51. The van der Waals surface area contributed by atoms with E-state index in [1.54, 1.807) is 0 Å². The molecular weight excluding hydrogens is 379 g/mol. The highest BCUT2D eigenvalue weighted by molar-refractivity contribution is 5.82. The molecule has 2 aliphatic carbocycles. The van der Waals surface area contributed by atoms with Crippen LogP contribution in [0.3, 0.4) is 0 Å². The summed E-state index contributed by atoms with van der Waals surface area (Å²) in [5, 5.41) is 6.85. The molecule has 5 rings (SSSR count). The van der Waals surface area contributed by atoms with Crippen molar-refractivity contribution in [3.05, 3.63) is 0 Å². The second kappa shape index (κ2) is 8.32. The number of hydrogen-bond acceptors (Lipinski definition) is 4. The molecule has 5 nitrogen and oxygen atoms in total. The molecule has 5 aliphatic rings. The van der Waals surface area contributed by atoms with Crippen LogP contribution in [-0.2, 0) is 4.79 Å². The van der Waals surface area contributed by atoms with Gasteiger partial charge < -0.3 is 20.4 Å². The lowest BCUT2D eigenvalue weighted by atomic mass is 9.71. The van der Waals surface area contributed by atoms with E-state index in [1.165, 1.54) is 51.9 Å². The fourth-order valence-electron chi connectivity index (χ4n) is 7.51.